The van der Waals surface area contributed by atoms with Crippen LogP contribution in [-0.2, 0) is 0 Å². The number of rotatable bonds is 6. The topological polar surface area (TPSA) is 60.1 Å². The summed E-state index contributed by atoms with van der Waals surface area (Å²) in [6.45, 7) is 2.75. The van der Waals surface area contributed by atoms with Crippen LogP contribution in [0.4, 0.5) is 0 Å². The Morgan fingerprint density at radius 1 is 1.22 bits per heavy atom. The van der Waals surface area contributed by atoms with Crippen LogP contribution in [0.25, 0.3) is 17.1 Å². The molecule has 1 amide bonds. The number of carbonyl (C=O) groups excluding carboxylic acids is 1. The maximum absolute atomic E-state index is 12.5. The van der Waals surface area contributed by atoms with Crippen LogP contribution in [0.5, 0.6) is 0 Å². The maximum Gasteiger partial charge on any atom is 0.270 e. The second-order valence-electron chi connectivity index (χ2n) is 5.25. The van der Waals surface area contributed by atoms with Gasteiger partial charge in [-0.15, -0.1) is 0 Å². The van der Waals surface area contributed by atoms with Gasteiger partial charge in [-0.2, -0.15) is 5.10 Å². The van der Waals surface area contributed by atoms with Gasteiger partial charge in [0.1, 0.15) is 11.4 Å². The molecule has 0 fully saturated rings. The van der Waals surface area contributed by atoms with Gasteiger partial charge in [0.25, 0.3) is 5.91 Å². The zero-order valence-electron chi connectivity index (χ0n) is 13.0. The summed E-state index contributed by atoms with van der Waals surface area (Å²) in [6.07, 6.45) is 3.59. The Kier molecular flexibility index (Phi) is 4.57. The lowest BCUT2D eigenvalue weighted by Crippen LogP contribution is -2.26. The molecule has 0 radical (unpaired) electrons. The summed E-state index contributed by atoms with van der Waals surface area (Å²) in [7, 11) is 0. The molecule has 23 heavy (non-hydrogen) atoms. The van der Waals surface area contributed by atoms with Crippen LogP contribution in [0.3, 0.4) is 0 Å². The highest BCUT2D eigenvalue weighted by Gasteiger charge is 2.18. The third kappa shape index (κ3) is 3.34. The van der Waals surface area contributed by atoms with Gasteiger partial charge in [0.15, 0.2) is 5.76 Å². The Hall–Kier alpha value is -2.82. The van der Waals surface area contributed by atoms with Crippen molar-refractivity contribution in [2.75, 3.05) is 6.54 Å². The van der Waals surface area contributed by atoms with E-state index < -0.39 is 0 Å². The van der Waals surface area contributed by atoms with Crippen LogP contribution in [0.2, 0.25) is 0 Å². The second-order valence-corrected chi connectivity index (χ2v) is 5.25. The predicted molar refractivity (Wildman–Crippen MR) is 88.5 cm³/mol. The van der Waals surface area contributed by atoms with Crippen molar-refractivity contribution in [2.45, 2.75) is 19.8 Å². The molecule has 5 nitrogen and oxygen atoms in total. The fourth-order valence-corrected chi connectivity index (χ4v) is 2.32. The summed E-state index contributed by atoms with van der Waals surface area (Å²) in [4.78, 5) is 12.5. The van der Waals surface area contributed by atoms with Crippen molar-refractivity contribution in [3.05, 3.63) is 60.5 Å². The molecule has 0 saturated heterocycles. The van der Waals surface area contributed by atoms with Gasteiger partial charge in [0, 0.05) is 12.6 Å². The van der Waals surface area contributed by atoms with E-state index in [4.69, 9.17) is 4.42 Å². The molecule has 0 aliphatic heterocycles. The van der Waals surface area contributed by atoms with Crippen LogP contribution in [0.1, 0.15) is 30.3 Å². The van der Waals surface area contributed by atoms with E-state index in [0.29, 0.717) is 23.7 Å². The number of unbranched alkanes of at least 4 members (excludes halogenated alkanes) is 1. The number of furan rings is 1. The maximum atomic E-state index is 12.5. The average Bonchev–Trinajstić information content (AvgIpc) is 3.25. The lowest BCUT2D eigenvalue weighted by Gasteiger charge is -2.07. The number of benzene rings is 1. The summed E-state index contributed by atoms with van der Waals surface area (Å²) >= 11 is 0. The lowest BCUT2D eigenvalue weighted by molar-refractivity contribution is 0.0945. The minimum atomic E-state index is -0.132. The van der Waals surface area contributed by atoms with Crippen LogP contribution in [0, 0.1) is 0 Å². The van der Waals surface area contributed by atoms with Crippen molar-refractivity contribution in [2.24, 2.45) is 0 Å². The second kappa shape index (κ2) is 6.96. The molecule has 1 N–H and O–H groups in total. The van der Waals surface area contributed by atoms with E-state index in [1.165, 1.54) is 0 Å². The molecule has 2 aromatic heterocycles. The van der Waals surface area contributed by atoms with Crippen LogP contribution < -0.4 is 5.32 Å². The monoisotopic (exact) mass is 309 g/mol. The van der Waals surface area contributed by atoms with E-state index in [0.717, 1.165) is 18.5 Å². The Balaban J connectivity index is 1.97. The molecular weight excluding hydrogens is 290 g/mol. The van der Waals surface area contributed by atoms with Crippen LogP contribution in [-0.4, -0.2) is 22.2 Å². The van der Waals surface area contributed by atoms with Gasteiger partial charge in [0.2, 0.25) is 0 Å². The number of nitrogens with one attached hydrogen (secondary N) is 1. The van der Waals surface area contributed by atoms with Gasteiger partial charge in [-0.05, 0) is 30.7 Å². The fourth-order valence-electron chi connectivity index (χ4n) is 2.32. The number of amides is 1. The summed E-state index contributed by atoms with van der Waals surface area (Å²) in [5, 5.41) is 7.47. The quantitative estimate of drug-likeness (QED) is 0.707. The minimum Gasteiger partial charge on any atom is -0.463 e. The zero-order valence-corrected chi connectivity index (χ0v) is 13.0. The molecule has 118 valence electrons. The van der Waals surface area contributed by atoms with Gasteiger partial charge in [-0.1, -0.05) is 31.5 Å². The van der Waals surface area contributed by atoms with Crippen LogP contribution in [0.15, 0.2) is 59.2 Å². The third-order valence-corrected chi connectivity index (χ3v) is 3.53. The van der Waals surface area contributed by atoms with E-state index in [2.05, 4.69) is 17.3 Å². The molecule has 5 heteroatoms. The molecule has 3 aromatic rings. The van der Waals surface area contributed by atoms with Gasteiger partial charge >= 0.3 is 0 Å². The molecule has 0 aliphatic carbocycles. The van der Waals surface area contributed by atoms with E-state index >= 15 is 0 Å². The number of hydrogen-bond donors (Lipinski definition) is 1. The molecule has 0 saturated carbocycles. The minimum absolute atomic E-state index is 0.132. The molecule has 2 heterocycles. The normalized spacial score (nSPS) is 10.7. The van der Waals surface area contributed by atoms with Crippen molar-refractivity contribution in [1.29, 1.82) is 0 Å². The Bertz CT molecular complexity index is 761. The molecular formula is C18H19N3O2. The van der Waals surface area contributed by atoms with E-state index in [9.17, 15) is 4.79 Å². The summed E-state index contributed by atoms with van der Waals surface area (Å²) < 4.78 is 7.05. The first-order chi connectivity index (χ1) is 11.3. The number of nitrogens with zero attached hydrogens (tertiary/aromatic N) is 2. The number of carbonyl (C=O) groups is 1. The summed E-state index contributed by atoms with van der Waals surface area (Å²) in [6, 6.07) is 15.0. The molecule has 0 atom stereocenters. The molecule has 1 aromatic carbocycles. The SMILES string of the molecule is CCCCNC(=O)c1cc(-c2ccco2)nn1-c1ccccc1. The van der Waals surface area contributed by atoms with Gasteiger partial charge < -0.3 is 9.73 Å². The zero-order chi connectivity index (χ0) is 16.1. The van der Waals surface area contributed by atoms with E-state index in [1.54, 1.807) is 23.1 Å². The first-order valence-corrected chi connectivity index (χ1v) is 7.77. The first kappa shape index (κ1) is 15.1. The average molecular weight is 309 g/mol. The van der Waals surface area contributed by atoms with Crippen molar-refractivity contribution >= 4 is 5.91 Å². The Morgan fingerprint density at radius 2 is 2.04 bits per heavy atom. The van der Waals surface area contributed by atoms with E-state index in [-0.39, 0.29) is 5.91 Å². The molecule has 0 spiro atoms. The van der Waals surface area contributed by atoms with Crippen molar-refractivity contribution in [3.63, 3.8) is 0 Å². The third-order valence-electron chi connectivity index (χ3n) is 3.53. The van der Waals surface area contributed by atoms with Crippen molar-refractivity contribution in [1.82, 2.24) is 15.1 Å². The highest BCUT2D eigenvalue weighted by atomic mass is 16.3. The van der Waals surface area contributed by atoms with E-state index in [1.807, 2.05) is 36.4 Å². The molecule has 0 unspecified atom stereocenters. The van der Waals surface area contributed by atoms with Crippen molar-refractivity contribution < 1.29 is 9.21 Å². The highest BCUT2D eigenvalue weighted by molar-refractivity contribution is 5.94. The highest BCUT2D eigenvalue weighted by Crippen LogP contribution is 2.22. The summed E-state index contributed by atoms with van der Waals surface area (Å²) in [5.74, 6) is 0.509. The fraction of sp³-hybridized carbons (Fsp3) is 0.222. The van der Waals surface area contributed by atoms with Gasteiger partial charge in [-0.25, -0.2) is 4.68 Å². The molecule has 3 rings (SSSR count). The number of para-hydroxylation sites is 1. The van der Waals surface area contributed by atoms with Gasteiger partial charge in [-0.3, -0.25) is 4.79 Å². The largest absolute Gasteiger partial charge is 0.463 e. The Labute approximate surface area is 134 Å². The lowest BCUT2D eigenvalue weighted by atomic mass is 10.2. The van der Waals surface area contributed by atoms with Crippen molar-refractivity contribution in [3.8, 4) is 17.1 Å². The Morgan fingerprint density at radius 3 is 2.74 bits per heavy atom. The standard InChI is InChI=1S/C18H19N3O2/c1-2-3-11-19-18(22)16-13-15(17-10-7-12-23-17)20-21(16)14-8-5-4-6-9-14/h4-10,12-13H,2-3,11H2,1H3,(H,19,22). The predicted octanol–water partition coefficient (Wildman–Crippen LogP) is 3.66. The van der Waals surface area contributed by atoms with Crippen LogP contribution >= 0.6 is 0 Å². The smallest absolute Gasteiger partial charge is 0.270 e. The van der Waals surface area contributed by atoms with Gasteiger partial charge in [0.05, 0.1) is 12.0 Å². The number of hydrogen-bond acceptors (Lipinski definition) is 3. The molecule has 0 bridgehead atoms. The number of aromatic nitrogens is 2. The first-order valence-electron chi connectivity index (χ1n) is 7.77. The molecule has 0 aliphatic rings. The summed E-state index contributed by atoms with van der Waals surface area (Å²) in [5.41, 5.74) is 1.98.